The maximum atomic E-state index is 13.0. The highest BCUT2D eigenvalue weighted by atomic mass is 19.4. The minimum atomic E-state index is -4.39. The van der Waals surface area contributed by atoms with Gasteiger partial charge in [-0.1, -0.05) is 170 Å². The van der Waals surface area contributed by atoms with Crippen LogP contribution in [0.1, 0.15) is 111 Å². The molecule has 0 saturated carbocycles. The normalized spacial score (nSPS) is 12.6. The molecule has 10 aromatic carbocycles. The quantitative estimate of drug-likeness (QED) is 0.0138. The number of alkyl halides is 12. The lowest BCUT2D eigenvalue weighted by atomic mass is 10.1. The van der Waals surface area contributed by atoms with Crippen molar-refractivity contribution in [3.05, 3.63) is 334 Å². The van der Waals surface area contributed by atoms with Crippen molar-refractivity contribution in [2.75, 3.05) is 39.8 Å². The van der Waals surface area contributed by atoms with E-state index in [4.69, 9.17) is 34.9 Å². The van der Waals surface area contributed by atoms with E-state index in [0.29, 0.717) is 73.0 Å². The molecule has 0 radical (unpaired) electrons. The summed E-state index contributed by atoms with van der Waals surface area (Å²) in [6.45, 7) is 3.30. The minimum Gasteiger partial charge on any atom is -0.486 e. The lowest BCUT2D eigenvalue weighted by Gasteiger charge is -2.20. The van der Waals surface area contributed by atoms with E-state index < -0.39 is 65.1 Å². The molecule has 0 aliphatic carbocycles. The van der Waals surface area contributed by atoms with Gasteiger partial charge in [0.2, 0.25) is 0 Å². The van der Waals surface area contributed by atoms with Gasteiger partial charge in [0, 0.05) is 24.8 Å². The van der Waals surface area contributed by atoms with Crippen LogP contribution in [0.4, 0.5) is 52.7 Å². The van der Waals surface area contributed by atoms with E-state index in [1.54, 1.807) is 31.3 Å². The van der Waals surface area contributed by atoms with Crippen molar-refractivity contribution in [3.8, 4) is 23.0 Å². The molecule has 0 unspecified atom stereocenters. The molecule has 566 valence electrons. The third kappa shape index (κ3) is 30.0. The number of ether oxygens (including phenoxy) is 4. The fourth-order valence-electron chi connectivity index (χ4n) is 10.7. The van der Waals surface area contributed by atoms with Gasteiger partial charge in [0.1, 0.15) is 41.3 Å². The number of benzene rings is 10. The minimum absolute atomic E-state index is 0.0344. The fourth-order valence-corrected chi connectivity index (χ4v) is 10.7. The van der Waals surface area contributed by atoms with Gasteiger partial charge in [0.05, 0.1) is 35.1 Å². The van der Waals surface area contributed by atoms with E-state index in [2.05, 4.69) is 40.2 Å². The van der Waals surface area contributed by atoms with Gasteiger partial charge >= 0.3 is 36.6 Å². The molecule has 0 bridgehead atoms. The average molecular weight is 1490 g/mol. The van der Waals surface area contributed by atoms with Crippen LogP contribution in [-0.4, -0.2) is 61.9 Å². The Labute approximate surface area is 613 Å². The second kappa shape index (κ2) is 41.9. The van der Waals surface area contributed by atoms with Gasteiger partial charge in [-0.15, -0.1) is 0 Å². The number of hydrogen-bond donors (Lipinski definition) is 6. The summed E-state index contributed by atoms with van der Waals surface area (Å²) in [4.78, 5) is 20.7. The molecule has 10 rings (SSSR count). The Bertz CT molecular complexity index is 4000. The summed E-state index contributed by atoms with van der Waals surface area (Å²) in [5.41, 5.74) is 10.3. The van der Waals surface area contributed by atoms with Crippen LogP contribution in [0, 0.1) is 0 Å². The first-order chi connectivity index (χ1) is 51.1. The van der Waals surface area contributed by atoms with E-state index in [1.807, 2.05) is 121 Å². The number of halogens is 12. The number of hydrogen-bond acceptors (Lipinski definition) is 10. The van der Waals surface area contributed by atoms with Gasteiger partial charge in [0.25, 0.3) is 0 Å². The molecule has 0 aliphatic rings. The first-order valence-corrected chi connectivity index (χ1v) is 34.1. The van der Waals surface area contributed by atoms with Crippen LogP contribution < -0.4 is 40.6 Å². The van der Waals surface area contributed by atoms with Gasteiger partial charge in [0.15, 0.2) is 6.23 Å². The van der Waals surface area contributed by atoms with Crippen LogP contribution in [0.15, 0.2) is 267 Å². The largest absolute Gasteiger partial charge is 0.486 e. The molecule has 24 heteroatoms. The molecule has 0 heterocycles. The van der Waals surface area contributed by atoms with Gasteiger partial charge in [-0.2, -0.15) is 52.7 Å². The lowest BCUT2D eigenvalue weighted by molar-refractivity contribution is -0.138. The van der Waals surface area contributed by atoms with Crippen molar-refractivity contribution < 1.29 is 91.4 Å². The molecular formula is C83H82F12N4O8. The highest BCUT2D eigenvalue weighted by Crippen LogP contribution is 2.36. The SMILES string of the molecule is CN[C@@H](Oc1ccc(C(F)(F)F)cc1)c1ccccc1.FC(F)(F)c1ccc(O[C@H](CCNCCc2ccc(CCNCC[C@@H](Oc3ccc(C(F)(F)F)cc3)c3ccccc3)cc2)c2ccccc2)cc1.NCC[C@@H](Oc1ccc(C(F)(F)F)cc1)c1ccccc1.O=C(O)Cc1ccc(CC(=O)O)cc1. The second-order valence-corrected chi connectivity index (χ2v) is 24.3. The molecule has 12 nitrogen and oxygen atoms in total. The smallest absolute Gasteiger partial charge is 0.416 e. The Morgan fingerprint density at radius 1 is 0.336 bits per heavy atom. The Balaban J connectivity index is 0.000000235. The number of carboxylic acid groups (broad SMARTS) is 2. The highest BCUT2D eigenvalue weighted by Gasteiger charge is 2.33. The van der Waals surface area contributed by atoms with Crippen molar-refractivity contribution in [2.24, 2.45) is 5.73 Å². The van der Waals surface area contributed by atoms with Crippen LogP contribution in [-0.2, 0) is 60.0 Å². The molecule has 0 saturated heterocycles. The van der Waals surface area contributed by atoms with Crippen molar-refractivity contribution in [3.63, 3.8) is 0 Å². The third-order valence-electron chi connectivity index (χ3n) is 16.2. The molecule has 4 atom stereocenters. The van der Waals surface area contributed by atoms with Crippen molar-refractivity contribution >= 4 is 11.9 Å². The Morgan fingerprint density at radius 2 is 0.589 bits per heavy atom. The lowest BCUT2D eigenvalue weighted by Crippen LogP contribution is -2.22. The molecule has 107 heavy (non-hydrogen) atoms. The maximum Gasteiger partial charge on any atom is 0.416 e. The van der Waals surface area contributed by atoms with Crippen LogP contribution in [0.5, 0.6) is 23.0 Å². The first kappa shape index (κ1) is 83.6. The Morgan fingerprint density at radius 3 is 0.841 bits per heavy atom. The predicted octanol–water partition coefficient (Wildman–Crippen LogP) is 19.5. The van der Waals surface area contributed by atoms with Crippen LogP contribution in [0.2, 0.25) is 0 Å². The topological polar surface area (TPSA) is 174 Å². The predicted molar refractivity (Wildman–Crippen MR) is 386 cm³/mol. The van der Waals surface area contributed by atoms with E-state index in [1.165, 1.54) is 59.7 Å². The van der Waals surface area contributed by atoms with Gasteiger partial charge < -0.3 is 45.5 Å². The first-order valence-electron chi connectivity index (χ1n) is 34.1. The molecule has 7 N–H and O–H groups in total. The summed E-state index contributed by atoms with van der Waals surface area (Å²) in [6, 6.07) is 72.1. The second-order valence-electron chi connectivity index (χ2n) is 24.3. The summed E-state index contributed by atoms with van der Waals surface area (Å²) >= 11 is 0. The average Bonchev–Trinajstić information content (AvgIpc) is 0.863. The summed E-state index contributed by atoms with van der Waals surface area (Å²) in [7, 11) is 1.72. The number of rotatable bonds is 31. The van der Waals surface area contributed by atoms with Crippen LogP contribution in [0.3, 0.4) is 0 Å². The van der Waals surface area contributed by atoms with Crippen molar-refractivity contribution in [2.45, 2.75) is 94.2 Å². The molecule has 0 amide bonds. The Hall–Kier alpha value is -10.7. The number of aliphatic carboxylic acids is 2. The number of carbonyl (C=O) groups is 2. The van der Waals surface area contributed by atoms with Gasteiger partial charge in [-0.25, -0.2) is 0 Å². The number of nitrogens with two attached hydrogens (primary N) is 1. The van der Waals surface area contributed by atoms with E-state index in [9.17, 15) is 62.3 Å². The molecule has 0 fully saturated rings. The van der Waals surface area contributed by atoms with Crippen LogP contribution >= 0.6 is 0 Å². The molecule has 10 aromatic rings. The Kier molecular flexibility index (Phi) is 32.7. The zero-order valence-corrected chi connectivity index (χ0v) is 58.2. The van der Waals surface area contributed by atoms with Crippen molar-refractivity contribution in [1.29, 1.82) is 0 Å². The molecule has 0 aliphatic heterocycles. The fraction of sp³-hybridized carbons (Fsp3) is 0.253. The molecule has 0 aromatic heterocycles. The van der Waals surface area contributed by atoms with Gasteiger partial charge in [-0.3, -0.25) is 14.9 Å². The van der Waals surface area contributed by atoms with Gasteiger partial charge in [-0.05, 0) is 189 Å². The van der Waals surface area contributed by atoms with E-state index in [0.717, 1.165) is 96.7 Å². The maximum absolute atomic E-state index is 13.0. The van der Waals surface area contributed by atoms with Crippen molar-refractivity contribution in [1.82, 2.24) is 16.0 Å². The standard InChI is InChI=1S/C42H42F6N2O2.C16H16F3NO.C15H14F3NO.C10H10O4/c43-41(44,45)35-15-19-37(20-16-35)51-39(33-7-3-1-4-8-33)25-29-49-27-23-31-11-13-32(14-12-31)24-28-50-30-26-40(34-9-5-2-6-10-34)52-38-21-17-36(18-22-38)42(46,47)48;17-16(18,19)13-6-8-14(9-7-13)21-15(10-11-20)12-4-2-1-3-5-12;1-19-14(11-5-3-2-4-6-11)20-13-9-7-12(8-10-13)15(16,17)18;11-9(12)5-7-1-2-8(4-3-7)6-10(13)14/h1-22,39-40,49-50H,23-30H2;1-9,15H,10-11,20H2;2-10,14,19H,1H3;1-4H,5-6H2,(H,11,12)(H,13,14)/t39-,40-;15-;14-;/m110./s1. The zero-order chi connectivity index (χ0) is 77.2. The monoisotopic (exact) mass is 1490 g/mol. The zero-order valence-electron chi connectivity index (χ0n) is 58.2. The number of carboxylic acids is 2. The third-order valence-corrected chi connectivity index (χ3v) is 16.2. The number of nitrogens with one attached hydrogen (secondary N) is 3. The summed E-state index contributed by atoms with van der Waals surface area (Å²) in [5, 5.41) is 26.9. The molecule has 0 spiro atoms. The summed E-state index contributed by atoms with van der Waals surface area (Å²) in [6.07, 6.45) is -15.3. The van der Waals surface area contributed by atoms with E-state index >= 15 is 0 Å². The van der Waals surface area contributed by atoms with E-state index in [-0.39, 0.29) is 31.2 Å². The van der Waals surface area contributed by atoms with Crippen LogP contribution in [0.25, 0.3) is 0 Å². The summed E-state index contributed by atoms with van der Waals surface area (Å²) in [5.74, 6) is -0.239. The molecular weight excluding hydrogens is 1410 g/mol. The summed E-state index contributed by atoms with van der Waals surface area (Å²) < 4.78 is 176. The highest BCUT2D eigenvalue weighted by molar-refractivity contribution is 5.71.